The maximum Gasteiger partial charge on any atom is 0.408 e. The van der Waals surface area contributed by atoms with Crippen LogP contribution < -0.4 is 0 Å². The van der Waals surface area contributed by atoms with E-state index >= 15 is 0 Å². The van der Waals surface area contributed by atoms with Crippen molar-refractivity contribution in [1.82, 2.24) is 14.8 Å². The van der Waals surface area contributed by atoms with Crippen molar-refractivity contribution in [2.24, 2.45) is 0 Å². The van der Waals surface area contributed by atoms with Crippen molar-refractivity contribution >= 4 is 0 Å². The van der Waals surface area contributed by atoms with Crippen LogP contribution >= 0.6 is 0 Å². The van der Waals surface area contributed by atoms with E-state index in [1.165, 1.54) is 0 Å². The van der Waals surface area contributed by atoms with E-state index in [1.807, 2.05) is 20.8 Å². The number of nitrogens with zero attached hydrogens (tertiary/aromatic N) is 3. The lowest BCUT2D eigenvalue weighted by atomic mass is 9.96. The van der Waals surface area contributed by atoms with E-state index in [4.69, 9.17) is 0 Å². The fraction of sp³-hybridized carbons (Fsp3) is 0.750. The first kappa shape index (κ1) is 11.0. The molecule has 0 saturated heterocycles. The molecule has 3 nitrogen and oxygen atoms in total. The summed E-state index contributed by atoms with van der Waals surface area (Å²) in [5.74, 6) is 0.418. The van der Waals surface area contributed by atoms with Crippen molar-refractivity contribution in [2.45, 2.75) is 38.9 Å². The summed E-state index contributed by atoms with van der Waals surface area (Å²) in [5, 5.41) is 3.75. The third kappa shape index (κ3) is 3.01. The second-order valence-electron chi connectivity index (χ2n) is 4.13. The highest BCUT2D eigenvalue weighted by atomic mass is 19.4. The molecule has 1 heterocycles. The first-order valence-electron chi connectivity index (χ1n) is 4.15. The molecule has 0 aromatic carbocycles. The normalized spacial score (nSPS) is 13.3. The zero-order valence-corrected chi connectivity index (χ0v) is 8.26. The third-order valence-corrected chi connectivity index (χ3v) is 1.55. The van der Waals surface area contributed by atoms with E-state index in [9.17, 15) is 13.2 Å². The van der Waals surface area contributed by atoms with Crippen molar-refractivity contribution in [1.29, 1.82) is 0 Å². The van der Waals surface area contributed by atoms with E-state index in [0.717, 1.165) is 11.0 Å². The summed E-state index contributed by atoms with van der Waals surface area (Å²) in [7, 11) is 0. The molecule has 0 radical (unpaired) electrons. The molecule has 0 bridgehead atoms. The Hall–Kier alpha value is -1.07. The Kier molecular flexibility index (Phi) is 2.56. The van der Waals surface area contributed by atoms with Crippen LogP contribution in [0.3, 0.4) is 0 Å². The zero-order chi connectivity index (χ0) is 11.0. The van der Waals surface area contributed by atoms with Gasteiger partial charge in [-0.25, -0.2) is 9.67 Å². The van der Waals surface area contributed by atoms with Crippen molar-refractivity contribution in [2.75, 3.05) is 0 Å². The smallest absolute Gasteiger partial charge is 0.244 e. The van der Waals surface area contributed by atoms with Crippen molar-refractivity contribution < 1.29 is 13.2 Å². The molecule has 14 heavy (non-hydrogen) atoms. The first-order valence-corrected chi connectivity index (χ1v) is 4.15. The Labute approximate surface area is 79.9 Å². The molecule has 0 aliphatic carbocycles. The van der Waals surface area contributed by atoms with Gasteiger partial charge >= 0.3 is 6.18 Å². The monoisotopic (exact) mass is 207 g/mol. The second-order valence-corrected chi connectivity index (χ2v) is 4.13. The summed E-state index contributed by atoms with van der Waals surface area (Å²) in [6, 6.07) is 0. The van der Waals surface area contributed by atoms with Gasteiger partial charge in [-0.15, -0.1) is 0 Å². The predicted molar refractivity (Wildman–Crippen MR) is 44.8 cm³/mol. The molecule has 1 rings (SSSR count). The first-order chi connectivity index (χ1) is 6.18. The molecule has 0 N–H and O–H groups in total. The Morgan fingerprint density at radius 2 is 1.86 bits per heavy atom. The molecule has 0 amide bonds. The molecule has 0 unspecified atom stereocenters. The van der Waals surface area contributed by atoms with Gasteiger partial charge in [0, 0.05) is 5.41 Å². The van der Waals surface area contributed by atoms with Crippen LogP contribution in [0, 0.1) is 0 Å². The maximum atomic E-state index is 12.0. The Morgan fingerprint density at radius 3 is 2.21 bits per heavy atom. The quantitative estimate of drug-likeness (QED) is 0.706. The number of hydrogen-bond acceptors (Lipinski definition) is 2. The van der Waals surface area contributed by atoms with Crippen LogP contribution in [-0.4, -0.2) is 20.9 Å². The number of aromatic nitrogens is 3. The molecule has 0 aliphatic heterocycles. The van der Waals surface area contributed by atoms with Gasteiger partial charge in [0.1, 0.15) is 12.9 Å². The molecule has 0 spiro atoms. The molecular formula is C8H12F3N3. The van der Waals surface area contributed by atoms with Gasteiger partial charge in [-0.05, 0) is 0 Å². The molecule has 6 heteroatoms. The number of hydrogen-bond donors (Lipinski definition) is 0. The van der Waals surface area contributed by atoms with E-state index in [1.54, 1.807) is 0 Å². The van der Waals surface area contributed by atoms with Crippen molar-refractivity contribution in [3.8, 4) is 0 Å². The van der Waals surface area contributed by atoms with E-state index in [0.29, 0.717) is 5.82 Å². The summed E-state index contributed by atoms with van der Waals surface area (Å²) in [6.45, 7) is 4.46. The minimum Gasteiger partial charge on any atom is -0.244 e. The van der Waals surface area contributed by atoms with Crippen LogP contribution in [0.25, 0.3) is 0 Å². The topological polar surface area (TPSA) is 30.7 Å². The summed E-state index contributed by atoms with van der Waals surface area (Å²) in [5.41, 5.74) is -0.323. The van der Waals surface area contributed by atoms with Gasteiger partial charge in [-0.2, -0.15) is 18.3 Å². The van der Waals surface area contributed by atoms with Crippen molar-refractivity contribution in [3.05, 3.63) is 12.2 Å². The number of alkyl halides is 3. The molecule has 0 atom stereocenters. The van der Waals surface area contributed by atoms with Crippen molar-refractivity contribution in [3.63, 3.8) is 0 Å². The van der Waals surface area contributed by atoms with E-state index in [2.05, 4.69) is 10.1 Å². The average molecular weight is 207 g/mol. The summed E-state index contributed by atoms with van der Waals surface area (Å²) in [4.78, 5) is 3.82. The fourth-order valence-electron chi connectivity index (χ4n) is 0.898. The van der Waals surface area contributed by atoms with E-state index < -0.39 is 12.7 Å². The summed E-state index contributed by atoms with van der Waals surface area (Å²) >= 11 is 0. The predicted octanol–water partition coefficient (Wildman–Crippen LogP) is 2.14. The lowest BCUT2D eigenvalue weighted by molar-refractivity contribution is -0.142. The van der Waals surface area contributed by atoms with Gasteiger partial charge < -0.3 is 0 Å². The number of rotatable bonds is 1. The summed E-state index contributed by atoms with van der Waals surface area (Å²) in [6.07, 6.45) is -3.14. The van der Waals surface area contributed by atoms with Gasteiger partial charge in [0.2, 0.25) is 0 Å². The van der Waals surface area contributed by atoms with Gasteiger partial charge in [0.15, 0.2) is 5.82 Å². The highest BCUT2D eigenvalue weighted by Gasteiger charge is 2.29. The Morgan fingerprint density at radius 1 is 1.29 bits per heavy atom. The highest BCUT2D eigenvalue weighted by Crippen LogP contribution is 2.20. The standard InChI is InChI=1S/C8H12F3N3/c1-7(2,3)6-12-5-14(13-6)4-8(9,10)11/h5H,4H2,1-3H3. The molecule has 1 aromatic rings. The van der Waals surface area contributed by atoms with Gasteiger partial charge in [-0.1, -0.05) is 20.8 Å². The van der Waals surface area contributed by atoms with E-state index in [-0.39, 0.29) is 5.41 Å². The van der Waals surface area contributed by atoms with Crippen LogP contribution in [0.5, 0.6) is 0 Å². The van der Waals surface area contributed by atoms with Gasteiger partial charge in [-0.3, -0.25) is 0 Å². The Balaban J connectivity index is 2.79. The SMILES string of the molecule is CC(C)(C)c1ncn(CC(F)(F)F)n1. The summed E-state index contributed by atoms with van der Waals surface area (Å²) < 4.78 is 36.7. The fourth-order valence-corrected chi connectivity index (χ4v) is 0.898. The lowest BCUT2D eigenvalue weighted by Gasteiger charge is -2.12. The van der Waals surface area contributed by atoms with Crippen LogP contribution in [0.4, 0.5) is 13.2 Å². The zero-order valence-electron chi connectivity index (χ0n) is 8.26. The maximum absolute atomic E-state index is 12.0. The molecule has 0 fully saturated rings. The van der Waals surface area contributed by atoms with Gasteiger partial charge in [0.05, 0.1) is 0 Å². The molecule has 1 aromatic heterocycles. The van der Waals surface area contributed by atoms with Crippen LogP contribution in [0.1, 0.15) is 26.6 Å². The van der Waals surface area contributed by atoms with Gasteiger partial charge in [0.25, 0.3) is 0 Å². The van der Waals surface area contributed by atoms with Crippen LogP contribution in [0.15, 0.2) is 6.33 Å². The Bertz CT molecular complexity index is 308. The lowest BCUT2D eigenvalue weighted by Crippen LogP contribution is -2.19. The average Bonchev–Trinajstić information content (AvgIpc) is 2.29. The molecule has 80 valence electrons. The number of halogens is 3. The molecule has 0 aliphatic rings. The minimum atomic E-state index is -4.25. The molecule has 0 saturated carbocycles. The highest BCUT2D eigenvalue weighted by molar-refractivity contribution is 4.98. The second kappa shape index (κ2) is 3.25. The van der Waals surface area contributed by atoms with Crippen LogP contribution in [0.2, 0.25) is 0 Å². The third-order valence-electron chi connectivity index (χ3n) is 1.55. The minimum absolute atomic E-state index is 0.323. The van der Waals surface area contributed by atoms with Crippen LogP contribution in [-0.2, 0) is 12.0 Å². The molecular weight excluding hydrogens is 195 g/mol. The largest absolute Gasteiger partial charge is 0.408 e.